The third-order valence-electron chi connectivity index (χ3n) is 3.45. The van der Waals surface area contributed by atoms with Crippen LogP contribution in [0.5, 0.6) is 11.5 Å². The molecule has 0 aliphatic heterocycles. The second-order valence-electron chi connectivity index (χ2n) is 4.77. The summed E-state index contributed by atoms with van der Waals surface area (Å²) in [5, 5.41) is 9.31. The fourth-order valence-electron chi connectivity index (χ4n) is 2.40. The summed E-state index contributed by atoms with van der Waals surface area (Å²) in [5.74, 6) is 1.49. The average molecular weight is 245 g/mol. The number of hydrogen-bond donors (Lipinski definition) is 0. The van der Waals surface area contributed by atoms with Gasteiger partial charge < -0.3 is 9.47 Å². The second-order valence-corrected chi connectivity index (χ2v) is 4.77. The standard InChI is InChI=1S/C15H19NO2/c1-2-17-13-7-3-4-8-14(13)18-12-15(11-16)9-5-6-10-15/h3-4,7-8H,2,5-6,9-10,12H2,1H3. The van der Waals surface area contributed by atoms with Crippen LogP contribution in [0, 0.1) is 16.7 Å². The average Bonchev–Trinajstić information content (AvgIpc) is 2.88. The predicted octanol–water partition coefficient (Wildman–Crippen LogP) is 3.55. The van der Waals surface area contributed by atoms with Crippen LogP contribution in [-0.4, -0.2) is 13.2 Å². The van der Waals surface area contributed by atoms with Gasteiger partial charge >= 0.3 is 0 Å². The molecule has 96 valence electrons. The van der Waals surface area contributed by atoms with E-state index in [1.807, 2.05) is 31.2 Å². The molecular formula is C15H19NO2. The minimum Gasteiger partial charge on any atom is -0.490 e. The maximum Gasteiger partial charge on any atom is 0.161 e. The lowest BCUT2D eigenvalue weighted by Crippen LogP contribution is -2.23. The molecule has 0 atom stereocenters. The lowest BCUT2D eigenvalue weighted by Gasteiger charge is -2.21. The molecule has 1 saturated carbocycles. The molecule has 0 radical (unpaired) electrons. The molecule has 0 amide bonds. The highest BCUT2D eigenvalue weighted by atomic mass is 16.5. The van der Waals surface area contributed by atoms with Gasteiger partial charge in [0, 0.05) is 0 Å². The summed E-state index contributed by atoms with van der Waals surface area (Å²) in [6, 6.07) is 10.1. The third-order valence-corrected chi connectivity index (χ3v) is 3.45. The molecule has 1 fully saturated rings. The van der Waals surface area contributed by atoms with Gasteiger partial charge in [-0.2, -0.15) is 5.26 Å². The molecule has 3 nitrogen and oxygen atoms in total. The van der Waals surface area contributed by atoms with Crippen molar-refractivity contribution >= 4 is 0 Å². The molecule has 3 heteroatoms. The number of rotatable bonds is 5. The van der Waals surface area contributed by atoms with E-state index in [2.05, 4.69) is 6.07 Å². The molecule has 1 aromatic rings. The molecule has 18 heavy (non-hydrogen) atoms. The third kappa shape index (κ3) is 2.76. The van der Waals surface area contributed by atoms with Crippen LogP contribution in [0.25, 0.3) is 0 Å². The van der Waals surface area contributed by atoms with E-state index in [9.17, 15) is 5.26 Å². The van der Waals surface area contributed by atoms with Crippen LogP contribution >= 0.6 is 0 Å². The highest BCUT2D eigenvalue weighted by molar-refractivity contribution is 5.39. The fraction of sp³-hybridized carbons (Fsp3) is 0.533. The van der Waals surface area contributed by atoms with Gasteiger partial charge in [-0.1, -0.05) is 25.0 Å². The van der Waals surface area contributed by atoms with Gasteiger partial charge in [-0.05, 0) is 31.9 Å². The smallest absolute Gasteiger partial charge is 0.161 e. The van der Waals surface area contributed by atoms with Crippen molar-refractivity contribution < 1.29 is 9.47 Å². The van der Waals surface area contributed by atoms with Crippen molar-refractivity contribution in [1.82, 2.24) is 0 Å². The topological polar surface area (TPSA) is 42.2 Å². The Kier molecular flexibility index (Phi) is 4.09. The summed E-state index contributed by atoms with van der Waals surface area (Å²) in [5.41, 5.74) is -0.292. The molecule has 1 aliphatic carbocycles. The summed E-state index contributed by atoms with van der Waals surface area (Å²) >= 11 is 0. The molecule has 0 heterocycles. The van der Waals surface area contributed by atoms with E-state index in [-0.39, 0.29) is 5.41 Å². The Morgan fingerprint density at radius 3 is 2.33 bits per heavy atom. The first-order valence-electron chi connectivity index (χ1n) is 6.55. The van der Waals surface area contributed by atoms with Crippen molar-refractivity contribution in [3.05, 3.63) is 24.3 Å². The lowest BCUT2D eigenvalue weighted by molar-refractivity contribution is 0.191. The van der Waals surface area contributed by atoms with Gasteiger partial charge in [-0.25, -0.2) is 0 Å². The maximum absolute atomic E-state index is 9.31. The normalized spacial score (nSPS) is 17.1. The first kappa shape index (κ1) is 12.8. The van der Waals surface area contributed by atoms with Crippen molar-refractivity contribution in [2.45, 2.75) is 32.6 Å². The Labute approximate surface area is 108 Å². The van der Waals surface area contributed by atoms with Crippen LogP contribution in [0.2, 0.25) is 0 Å². The minimum absolute atomic E-state index is 0.292. The molecule has 0 bridgehead atoms. The fourth-order valence-corrected chi connectivity index (χ4v) is 2.40. The van der Waals surface area contributed by atoms with Gasteiger partial charge in [0.2, 0.25) is 0 Å². The quantitative estimate of drug-likeness (QED) is 0.796. The number of para-hydroxylation sites is 2. The lowest BCUT2D eigenvalue weighted by atomic mass is 9.89. The Bertz CT molecular complexity index is 430. The largest absolute Gasteiger partial charge is 0.490 e. The van der Waals surface area contributed by atoms with E-state index in [0.29, 0.717) is 13.2 Å². The van der Waals surface area contributed by atoms with Gasteiger partial charge in [0.15, 0.2) is 11.5 Å². The van der Waals surface area contributed by atoms with E-state index in [1.54, 1.807) is 0 Å². The van der Waals surface area contributed by atoms with Crippen molar-refractivity contribution in [2.75, 3.05) is 13.2 Å². The zero-order chi connectivity index (χ0) is 12.8. The SMILES string of the molecule is CCOc1ccccc1OCC1(C#N)CCCC1. The van der Waals surface area contributed by atoms with Gasteiger partial charge in [0.1, 0.15) is 6.61 Å². The minimum atomic E-state index is -0.292. The van der Waals surface area contributed by atoms with E-state index in [4.69, 9.17) is 9.47 Å². The Balaban J connectivity index is 2.03. The second kappa shape index (κ2) is 5.77. The molecule has 1 aliphatic rings. The van der Waals surface area contributed by atoms with Crippen LogP contribution in [-0.2, 0) is 0 Å². The zero-order valence-electron chi connectivity index (χ0n) is 10.8. The Morgan fingerprint density at radius 2 is 1.78 bits per heavy atom. The van der Waals surface area contributed by atoms with E-state index < -0.39 is 0 Å². The van der Waals surface area contributed by atoms with Crippen molar-refractivity contribution in [3.8, 4) is 17.6 Å². The van der Waals surface area contributed by atoms with Crippen LogP contribution < -0.4 is 9.47 Å². The number of ether oxygens (including phenoxy) is 2. The molecule has 0 unspecified atom stereocenters. The molecule has 0 N–H and O–H groups in total. The Morgan fingerprint density at radius 1 is 1.17 bits per heavy atom. The zero-order valence-corrected chi connectivity index (χ0v) is 10.8. The number of hydrogen-bond acceptors (Lipinski definition) is 3. The molecule has 0 spiro atoms. The van der Waals surface area contributed by atoms with Gasteiger partial charge in [0.05, 0.1) is 18.1 Å². The van der Waals surface area contributed by atoms with Crippen molar-refractivity contribution in [3.63, 3.8) is 0 Å². The summed E-state index contributed by atoms with van der Waals surface area (Å²) in [4.78, 5) is 0. The van der Waals surface area contributed by atoms with Crippen LogP contribution in [0.15, 0.2) is 24.3 Å². The monoisotopic (exact) mass is 245 g/mol. The van der Waals surface area contributed by atoms with Crippen LogP contribution in [0.4, 0.5) is 0 Å². The van der Waals surface area contributed by atoms with Gasteiger partial charge in [0.25, 0.3) is 0 Å². The van der Waals surface area contributed by atoms with E-state index in [0.717, 1.165) is 37.2 Å². The summed E-state index contributed by atoms with van der Waals surface area (Å²) in [6.45, 7) is 3.03. The van der Waals surface area contributed by atoms with Crippen LogP contribution in [0.1, 0.15) is 32.6 Å². The first-order chi connectivity index (χ1) is 8.79. The van der Waals surface area contributed by atoms with Gasteiger partial charge in [-0.15, -0.1) is 0 Å². The number of nitrogens with zero attached hydrogens (tertiary/aromatic N) is 1. The first-order valence-corrected chi connectivity index (χ1v) is 6.55. The highest BCUT2D eigenvalue weighted by Gasteiger charge is 2.35. The molecule has 0 saturated heterocycles. The Hall–Kier alpha value is -1.69. The van der Waals surface area contributed by atoms with E-state index in [1.165, 1.54) is 0 Å². The van der Waals surface area contributed by atoms with E-state index >= 15 is 0 Å². The molecule has 2 rings (SSSR count). The molecule has 0 aromatic heterocycles. The van der Waals surface area contributed by atoms with Gasteiger partial charge in [-0.3, -0.25) is 0 Å². The summed E-state index contributed by atoms with van der Waals surface area (Å²) < 4.78 is 11.3. The summed E-state index contributed by atoms with van der Waals surface area (Å²) in [7, 11) is 0. The summed E-state index contributed by atoms with van der Waals surface area (Å²) in [6.07, 6.45) is 4.15. The number of benzene rings is 1. The maximum atomic E-state index is 9.31. The van der Waals surface area contributed by atoms with Crippen molar-refractivity contribution in [1.29, 1.82) is 5.26 Å². The highest BCUT2D eigenvalue weighted by Crippen LogP contribution is 2.38. The number of nitriles is 1. The molecular weight excluding hydrogens is 226 g/mol. The van der Waals surface area contributed by atoms with Crippen molar-refractivity contribution in [2.24, 2.45) is 5.41 Å². The molecule has 1 aromatic carbocycles. The predicted molar refractivity (Wildman–Crippen MR) is 69.6 cm³/mol. The van der Waals surface area contributed by atoms with Crippen LogP contribution in [0.3, 0.4) is 0 Å².